The Morgan fingerprint density at radius 2 is 1.79 bits per heavy atom. The van der Waals surface area contributed by atoms with Crippen molar-refractivity contribution in [2.75, 3.05) is 19.7 Å². The number of sulfonamides is 1. The van der Waals surface area contributed by atoms with Gasteiger partial charge in [0.2, 0.25) is 15.9 Å². The van der Waals surface area contributed by atoms with E-state index in [1.165, 1.54) is 4.31 Å². The minimum absolute atomic E-state index is 0.0865. The van der Waals surface area contributed by atoms with Crippen LogP contribution < -0.4 is 4.74 Å². The van der Waals surface area contributed by atoms with Crippen molar-refractivity contribution in [1.29, 1.82) is 0 Å². The molecule has 47 heavy (non-hydrogen) atoms. The monoisotopic (exact) mass is 684 g/mol. The van der Waals surface area contributed by atoms with Crippen molar-refractivity contribution < 1.29 is 41.0 Å². The van der Waals surface area contributed by atoms with E-state index in [9.17, 15) is 26.8 Å². The van der Waals surface area contributed by atoms with Gasteiger partial charge < -0.3 is 19.1 Å². The van der Waals surface area contributed by atoms with Crippen molar-refractivity contribution in [2.24, 2.45) is 0 Å². The van der Waals surface area contributed by atoms with Gasteiger partial charge in [0.15, 0.2) is 0 Å². The Labute approximate surface area is 279 Å². The number of carbonyl (C=O) groups excluding carboxylic acids is 2. The highest BCUT2D eigenvalue weighted by Gasteiger charge is 2.43. The average Bonchev–Trinajstić information content (AvgIpc) is 3.39. The van der Waals surface area contributed by atoms with Crippen LogP contribution in [0.1, 0.15) is 122 Å². The fourth-order valence-corrected chi connectivity index (χ4v) is 8.61. The van der Waals surface area contributed by atoms with Gasteiger partial charge in [-0.15, -0.1) is 0 Å². The molecule has 9 nitrogen and oxygen atoms in total. The standard InChI is InChI=1S/C35H54F2N2O7S/c1-6-7-24-44-32(40)29-15-11-23-39(29)47(42,43)30-17-16-25(2)28-14-10-13-27(45-31(28)30)12-8-9-22-38(33(41)46-34(3,4)5)26-18-20-35(36,37)21-19-26/h16-17,26-27,29H,6-15,18-24H2,1-5H3/t27?,29-/m0/s1. The largest absolute Gasteiger partial charge is 0.489 e. The molecular formula is C35H54F2N2O7S. The minimum atomic E-state index is -4.05. The number of fused-ring (bicyclic) bond motifs is 1. The summed E-state index contributed by atoms with van der Waals surface area (Å²) >= 11 is 0. The van der Waals surface area contributed by atoms with Gasteiger partial charge in [-0.2, -0.15) is 4.31 Å². The zero-order chi connectivity index (χ0) is 34.4. The van der Waals surface area contributed by atoms with Gasteiger partial charge in [-0.1, -0.05) is 19.4 Å². The number of carbonyl (C=O) groups is 2. The first kappa shape index (κ1) is 37.4. The molecule has 1 aromatic rings. The molecule has 1 saturated carbocycles. The summed E-state index contributed by atoms with van der Waals surface area (Å²) in [6, 6.07) is 2.26. The van der Waals surface area contributed by atoms with E-state index in [4.69, 9.17) is 14.2 Å². The van der Waals surface area contributed by atoms with E-state index >= 15 is 0 Å². The van der Waals surface area contributed by atoms with E-state index in [1.54, 1.807) is 31.7 Å². The second-order valence-electron chi connectivity index (χ2n) is 14.4. The van der Waals surface area contributed by atoms with Crippen molar-refractivity contribution in [3.8, 4) is 5.75 Å². The van der Waals surface area contributed by atoms with Gasteiger partial charge in [-0.25, -0.2) is 22.0 Å². The van der Waals surface area contributed by atoms with Gasteiger partial charge >= 0.3 is 12.1 Å². The van der Waals surface area contributed by atoms with Crippen LogP contribution in [0.4, 0.5) is 13.6 Å². The lowest BCUT2D eigenvalue weighted by atomic mass is 9.91. The van der Waals surface area contributed by atoms with Gasteiger partial charge in [-0.05, 0) is 116 Å². The van der Waals surface area contributed by atoms with Gasteiger partial charge in [0.05, 0.1) is 12.7 Å². The first-order chi connectivity index (χ1) is 22.1. The third-order valence-electron chi connectivity index (χ3n) is 9.43. The zero-order valence-corrected chi connectivity index (χ0v) is 29.6. The minimum Gasteiger partial charge on any atom is -0.489 e. The summed E-state index contributed by atoms with van der Waals surface area (Å²) < 4.78 is 74.9. The van der Waals surface area contributed by atoms with E-state index in [0.29, 0.717) is 50.8 Å². The van der Waals surface area contributed by atoms with Crippen LogP contribution in [0.25, 0.3) is 0 Å². The van der Waals surface area contributed by atoms with Crippen LogP contribution in [0.3, 0.4) is 0 Å². The molecule has 0 radical (unpaired) electrons. The lowest BCUT2D eigenvalue weighted by Gasteiger charge is -2.37. The highest BCUT2D eigenvalue weighted by Crippen LogP contribution is 2.40. The zero-order valence-electron chi connectivity index (χ0n) is 28.8. The molecule has 266 valence electrons. The molecule has 2 fully saturated rings. The van der Waals surface area contributed by atoms with Gasteiger partial charge in [0, 0.05) is 32.0 Å². The van der Waals surface area contributed by atoms with Crippen molar-refractivity contribution in [3.63, 3.8) is 0 Å². The third-order valence-corrected chi connectivity index (χ3v) is 11.4. The Hall–Kier alpha value is -2.47. The van der Waals surface area contributed by atoms with Crippen LogP contribution >= 0.6 is 0 Å². The fourth-order valence-electron chi connectivity index (χ4n) is 6.82. The number of hydrogen-bond acceptors (Lipinski definition) is 7. The highest BCUT2D eigenvalue weighted by molar-refractivity contribution is 7.89. The van der Waals surface area contributed by atoms with Crippen LogP contribution in [0.5, 0.6) is 5.75 Å². The molecule has 0 spiro atoms. The SMILES string of the molecule is CCCCOC(=O)[C@@H]1CCCN1S(=O)(=O)c1ccc(C)c2c1OC(CCCCN(C(=O)OC(C)(C)C)C1CCC(F)(F)CC1)CCC2. The number of esters is 1. The molecule has 4 rings (SSSR count). The Balaban J connectivity index is 1.44. The fraction of sp³-hybridized carbons (Fsp3) is 0.771. The predicted octanol–water partition coefficient (Wildman–Crippen LogP) is 7.56. The number of rotatable bonds is 12. The first-order valence-corrected chi connectivity index (χ1v) is 18.9. The molecule has 1 saturated heterocycles. The molecule has 3 aliphatic rings. The van der Waals surface area contributed by atoms with Crippen LogP contribution in [0.2, 0.25) is 0 Å². The normalized spacial score (nSPS) is 22.2. The number of hydrogen-bond donors (Lipinski definition) is 0. The summed E-state index contributed by atoms with van der Waals surface area (Å²) in [4.78, 5) is 27.7. The molecule has 1 amide bonds. The number of amides is 1. The molecule has 2 heterocycles. The van der Waals surface area contributed by atoms with E-state index in [-0.39, 0.29) is 55.9 Å². The quantitative estimate of drug-likeness (QED) is 0.165. The van der Waals surface area contributed by atoms with Crippen LogP contribution in [-0.2, 0) is 30.7 Å². The van der Waals surface area contributed by atoms with Crippen molar-refractivity contribution >= 4 is 22.1 Å². The Bertz CT molecular complexity index is 1340. The van der Waals surface area contributed by atoms with E-state index < -0.39 is 39.7 Å². The number of nitrogens with zero attached hydrogens (tertiary/aromatic N) is 2. The van der Waals surface area contributed by atoms with Crippen molar-refractivity contribution in [1.82, 2.24) is 9.21 Å². The molecule has 2 atom stereocenters. The van der Waals surface area contributed by atoms with Crippen molar-refractivity contribution in [2.45, 2.75) is 159 Å². The second kappa shape index (κ2) is 15.8. The number of aryl methyl sites for hydroxylation is 1. The molecule has 1 aliphatic carbocycles. The number of ether oxygens (including phenoxy) is 3. The Morgan fingerprint density at radius 3 is 2.47 bits per heavy atom. The molecule has 1 aromatic carbocycles. The van der Waals surface area contributed by atoms with Crippen molar-refractivity contribution in [3.05, 3.63) is 23.3 Å². The number of unbranched alkanes of at least 4 members (excludes halogenated alkanes) is 2. The molecular weight excluding hydrogens is 630 g/mol. The number of benzene rings is 1. The maximum atomic E-state index is 14.1. The lowest BCUT2D eigenvalue weighted by molar-refractivity contribution is -0.147. The highest BCUT2D eigenvalue weighted by atomic mass is 32.2. The maximum Gasteiger partial charge on any atom is 0.410 e. The van der Waals surface area contributed by atoms with Gasteiger partial charge in [-0.3, -0.25) is 4.79 Å². The summed E-state index contributed by atoms with van der Waals surface area (Å²) in [5, 5.41) is 0. The molecule has 2 aliphatic heterocycles. The summed E-state index contributed by atoms with van der Waals surface area (Å²) in [6.07, 6.45) is 6.12. The predicted molar refractivity (Wildman–Crippen MR) is 175 cm³/mol. The summed E-state index contributed by atoms with van der Waals surface area (Å²) in [5.74, 6) is -2.82. The van der Waals surface area contributed by atoms with E-state index in [2.05, 4.69) is 0 Å². The Kier molecular flexibility index (Phi) is 12.6. The van der Waals surface area contributed by atoms with Crippen LogP contribution in [0, 0.1) is 6.92 Å². The van der Waals surface area contributed by atoms with Gasteiger partial charge in [0.1, 0.15) is 22.3 Å². The molecule has 0 N–H and O–H groups in total. The van der Waals surface area contributed by atoms with Gasteiger partial charge in [0.25, 0.3) is 0 Å². The average molecular weight is 685 g/mol. The second-order valence-corrected chi connectivity index (χ2v) is 16.2. The number of alkyl halides is 2. The Morgan fingerprint density at radius 1 is 1.06 bits per heavy atom. The first-order valence-electron chi connectivity index (χ1n) is 17.5. The topological polar surface area (TPSA) is 102 Å². The maximum absolute atomic E-state index is 14.1. The van der Waals surface area contributed by atoms with E-state index in [1.807, 2.05) is 19.9 Å². The number of halogens is 2. The molecule has 12 heteroatoms. The third kappa shape index (κ3) is 9.80. The summed E-state index contributed by atoms with van der Waals surface area (Å²) in [7, 11) is -4.05. The molecule has 0 aromatic heterocycles. The van der Waals surface area contributed by atoms with Crippen LogP contribution in [0.15, 0.2) is 17.0 Å². The van der Waals surface area contributed by atoms with E-state index in [0.717, 1.165) is 36.8 Å². The van der Waals surface area contributed by atoms with Crippen LogP contribution in [-0.4, -0.2) is 79.1 Å². The molecule has 1 unspecified atom stereocenters. The summed E-state index contributed by atoms with van der Waals surface area (Å²) in [5.41, 5.74) is 1.14. The summed E-state index contributed by atoms with van der Waals surface area (Å²) in [6.45, 7) is 10.2. The molecule has 0 bridgehead atoms. The lowest BCUT2D eigenvalue weighted by Crippen LogP contribution is -2.46. The smallest absolute Gasteiger partial charge is 0.410 e.